The number of nitrogen functional groups attached to an aromatic ring is 1. The standard InChI is InChI=1S/C12H17N5O/c1-3-7-9(4-10(7)18-2)17-12-8(5-16-17)11(13)14-6-15-12/h5-7,9-10H,3-4H2,1-2H3,(H2,13,14,15)/t7-,9?,10?/m0/s1. The van der Waals surface area contributed by atoms with Crippen molar-refractivity contribution in [1.82, 2.24) is 19.7 Å². The van der Waals surface area contributed by atoms with Crippen LogP contribution < -0.4 is 5.73 Å². The van der Waals surface area contributed by atoms with E-state index in [9.17, 15) is 0 Å². The van der Waals surface area contributed by atoms with Crippen LogP contribution in [0.2, 0.25) is 0 Å². The maximum absolute atomic E-state index is 5.82. The molecule has 1 aliphatic carbocycles. The Kier molecular flexibility index (Phi) is 2.66. The lowest BCUT2D eigenvalue weighted by Crippen LogP contribution is -2.43. The fourth-order valence-electron chi connectivity index (χ4n) is 2.85. The summed E-state index contributed by atoms with van der Waals surface area (Å²) in [6, 6.07) is 0.353. The van der Waals surface area contributed by atoms with E-state index in [0.717, 1.165) is 23.9 Å². The zero-order valence-corrected chi connectivity index (χ0v) is 10.6. The monoisotopic (exact) mass is 247 g/mol. The number of rotatable bonds is 3. The number of nitrogens with zero attached hydrogens (tertiary/aromatic N) is 4. The third-order valence-corrected chi connectivity index (χ3v) is 3.96. The predicted octanol–water partition coefficient (Wildman–Crippen LogP) is 1.39. The molecular weight excluding hydrogens is 230 g/mol. The van der Waals surface area contributed by atoms with Gasteiger partial charge in [0.15, 0.2) is 5.65 Å². The SMILES string of the molecule is CC[C@@H]1C(OC)CC1n1ncc2c(N)ncnc21. The highest BCUT2D eigenvalue weighted by atomic mass is 16.5. The number of fused-ring (bicyclic) bond motifs is 1. The quantitative estimate of drug-likeness (QED) is 0.886. The van der Waals surface area contributed by atoms with E-state index >= 15 is 0 Å². The molecule has 0 bridgehead atoms. The predicted molar refractivity (Wildman–Crippen MR) is 68.0 cm³/mol. The van der Waals surface area contributed by atoms with Crippen LogP contribution in [-0.2, 0) is 4.74 Å². The highest BCUT2D eigenvalue weighted by Crippen LogP contribution is 2.43. The second-order valence-corrected chi connectivity index (χ2v) is 4.73. The number of hydrogen-bond acceptors (Lipinski definition) is 5. The third kappa shape index (κ3) is 1.49. The van der Waals surface area contributed by atoms with E-state index in [1.165, 1.54) is 6.33 Å². The van der Waals surface area contributed by atoms with E-state index < -0.39 is 0 Å². The van der Waals surface area contributed by atoms with Gasteiger partial charge in [0.25, 0.3) is 0 Å². The van der Waals surface area contributed by atoms with Crippen molar-refractivity contribution >= 4 is 16.9 Å². The first-order valence-electron chi connectivity index (χ1n) is 6.22. The summed E-state index contributed by atoms with van der Waals surface area (Å²) in [7, 11) is 1.77. The zero-order chi connectivity index (χ0) is 12.7. The number of nitrogens with two attached hydrogens (primary N) is 1. The van der Waals surface area contributed by atoms with Gasteiger partial charge in [-0.3, -0.25) is 0 Å². The fraction of sp³-hybridized carbons (Fsp3) is 0.583. The molecule has 0 spiro atoms. The molecule has 2 N–H and O–H groups in total. The fourth-order valence-corrected chi connectivity index (χ4v) is 2.85. The minimum Gasteiger partial charge on any atom is -0.383 e. The summed E-state index contributed by atoms with van der Waals surface area (Å²) in [6.07, 6.45) is 5.63. The van der Waals surface area contributed by atoms with Gasteiger partial charge in [0.2, 0.25) is 0 Å². The second-order valence-electron chi connectivity index (χ2n) is 4.73. The van der Waals surface area contributed by atoms with Crippen molar-refractivity contribution in [2.75, 3.05) is 12.8 Å². The third-order valence-electron chi connectivity index (χ3n) is 3.96. The molecule has 6 nitrogen and oxygen atoms in total. The van der Waals surface area contributed by atoms with Gasteiger partial charge in [0, 0.05) is 13.0 Å². The van der Waals surface area contributed by atoms with Crippen LogP contribution in [0.15, 0.2) is 12.5 Å². The molecule has 0 saturated heterocycles. The van der Waals surface area contributed by atoms with E-state index in [1.807, 2.05) is 4.68 Å². The van der Waals surface area contributed by atoms with Crippen molar-refractivity contribution in [3.05, 3.63) is 12.5 Å². The molecule has 1 saturated carbocycles. The van der Waals surface area contributed by atoms with Crippen LogP contribution in [0, 0.1) is 5.92 Å². The van der Waals surface area contributed by atoms with Crippen LogP contribution in [0.5, 0.6) is 0 Å². The molecule has 0 aliphatic heterocycles. The second kappa shape index (κ2) is 4.20. The van der Waals surface area contributed by atoms with Gasteiger partial charge in [-0.25, -0.2) is 14.6 Å². The maximum Gasteiger partial charge on any atom is 0.163 e. The van der Waals surface area contributed by atoms with Crippen LogP contribution >= 0.6 is 0 Å². The number of ether oxygens (including phenoxy) is 1. The maximum atomic E-state index is 5.82. The van der Waals surface area contributed by atoms with Gasteiger partial charge >= 0.3 is 0 Å². The lowest BCUT2D eigenvalue weighted by molar-refractivity contribution is -0.0604. The van der Waals surface area contributed by atoms with E-state index in [2.05, 4.69) is 22.0 Å². The van der Waals surface area contributed by atoms with Crippen LogP contribution in [0.4, 0.5) is 5.82 Å². The van der Waals surface area contributed by atoms with Crippen molar-refractivity contribution < 1.29 is 4.74 Å². The van der Waals surface area contributed by atoms with E-state index in [-0.39, 0.29) is 0 Å². The minimum absolute atomic E-state index is 0.332. The van der Waals surface area contributed by atoms with Crippen molar-refractivity contribution in [2.24, 2.45) is 5.92 Å². The smallest absolute Gasteiger partial charge is 0.163 e. The summed E-state index contributed by atoms with van der Waals surface area (Å²) in [5.41, 5.74) is 6.64. The van der Waals surface area contributed by atoms with E-state index in [4.69, 9.17) is 10.5 Å². The van der Waals surface area contributed by atoms with Gasteiger partial charge in [0.1, 0.15) is 12.1 Å². The van der Waals surface area contributed by atoms with Crippen molar-refractivity contribution in [2.45, 2.75) is 31.9 Å². The van der Waals surface area contributed by atoms with Crippen LogP contribution in [0.3, 0.4) is 0 Å². The molecule has 3 rings (SSSR count). The molecule has 0 amide bonds. The normalized spacial score (nSPS) is 27.3. The summed E-state index contributed by atoms with van der Waals surface area (Å²) < 4.78 is 7.42. The van der Waals surface area contributed by atoms with Crippen LogP contribution in [-0.4, -0.2) is 33.0 Å². The van der Waals surface area contributed by atoms with Gasteiger partial charge in [-0.1, -0.05) is 6.92 Å². The Labute approximate surface area is 105 Å². The molecule has 0 aromatic carbocycles. The Morgan fingerprint density at radius 3 is 3.06 bits per heavy atom. The number of anilines is 1. The topological polar surface area (TPSA) is 78.9 Å². The van der Waals surface area contributed by atoms with E-state index in [0.29, 0.717) is 23.9 Å². The Balaban J connectivity index is 1.99. The van der Waals surface area contributed by atoms with Crippen molar-refractivity contribution in [1.29, 1.82) is 0 Å². The largest absolute Gasteiger partial charge is 0.383 e. The Bertz CT molecular complexity index is 567. The molecule has 2 aromatic rings. The minimum atomic E-state index is 0.332. The molecule has 2 aromatic heterocycles. The summed E-state index contributed by atoms with van der Waals surface area (Å²) >= 11 is 0. The first-order valence-corrected chi connectivity index (χ1v) is 6.22. The molecule has 2 unspecified atom stereocenters. The Morgan fingerprint density at radius 2 is 2.33 bits per heavy atom. The van der Waals surface area contributed by atoms with Crippen molar-refractivity contribution in [3.63, 3.8) is 0 Å². The molecule has 6 heteroatoms. The van der Waals surface area contributed by atoms with Crippen LogP contribution in [0.25, 0.3) is 11.0 Å². The highest BCUT2D eigenvalue weighted by Gasteiger charge is 2.42. The summed E-state index contributed by atoms with van der Waals surface area (Å²) in [4.78, 5) is 8.28. The summed E-state index contributed by atoms with van der Waals surface area (Å²) in [5.74, 6) is 0.983. The van der Waals surface area contributed by atoms with Crippen molar-refractivity contribution in [3.8, 4) is 0 Å². The lowest BCUT2D eigenvalue weighted by Gasteiger charge is -2.43. The molecule has 96 valence electrons. The summed E-state index contributed by atoms with van der Waals surface area (Å²) in [6.45, 7) is 2.18. The van der Waals surface area contributed by atoms with E-state index in [1.54, 1.807) is 13.3 Å². The number of methoxy groups -OCH3 is 1. The van der Waals surface area contributed by atoms with Gasteiger partial charge in [-0.05, 0) is 12.8 Å². The first-order chi connectivity index (χ1) is 8.76. The highest BCUT2D eigenvalue weighted by molar-refractivity contribution is 5.84. The lowest BCUT2D eigenvalue weighted by atomic mass is 9.75. The zero-order valence-electron chi connectivity index (χ0n) is 10.6. The average Bonchev–Trinajstić information content (AvgIpc) is 2.75. The first kappa shape index (κ1) is 11.4. The molecule has 3 atom stereocenters. The number of hydrogen-bond donors (Lipinski definition) is 1. The van der Waals surface area contributed by atoms with Gasteiger partial charge in [-0.2, -0.15) is 5.10 Å². The molecule has 2 heterocycles. The van der Waals surface area contributed by atoms with Crippen LogP contribution in [0.1, 0.15) is 25.8 Å². The van der Waals surface area contributed by atoms with Gasteiger partial charge in [-0.15, -0.1) is 0 Å². The molecule has 1 aliphatic rings. The molecule has 18 heavy (non-hydrogen) atoms. The molecular formula is C12H17N5O. The van der Waals surface area contributed by atoms with Gasteiger partial charge in [0.05, 0.1) is 23.7 Å². The average molecular weight is 247 g/mol. The Hall–Kier alpha value is -1.69. The summed E-state index contributed by atoms with van der Waals surface area (Å²) in [5, 5.41) is 5.25. The molecule has 1 fully saturated rings. The van der Waals surface area contributed by atoms with Gasteiger partial charge < -0.3 is 10.5 Å². The molecule has 0 radical (unpaired) electrons. The Morgan fingerprint density at radius 1 is 1.50 bits per heavy atom. The number of aromatic nitrogens is 4.